The molecule has 47 heavy (non-hydrogen) atoms. The van der Waals surface area contributed by atoms with Crippen LogP contribution in [-0.2, 0) is 0 Å². The minimum Gasteiger partial charge on any atom is -0.309 e. The molecule has 2 heterocycles. The molecule has 3 nitrogen and oxygen atoms in total. The van der Waals surface area contributed by atoms with Gasteiger partial charge >= 0.3 is 0 Å². The highest BCUT2D eigenvalue weighted by atomic mass is 15.0. The zero-order valence-corrected chi connectivity index (χ0v) is 25.2. The smallest absolute Gasteiger partial charge is 0.160 e. The van der Waals surface area contributed by atoms with Crippen LogP contribution in [0.2, 0.25) is 0 Å². The van der Waals surface area contributed by atoms with Crippen molar-refractivity contribution < 1.29 is 6.85 Å². The molecule has 0 aliphatic carbocycles. The number of hydrogen-bond donors (Lipinski definition) is 0. The van der Waals surface area contributed by atoms with Gasteiger partial charge in [-0.1, -0.05) is 145 Å². The number of aromatic nitrogens is 3. The van der Waals surface area contributed by atoms with E-state index in [-0.39, 0.29) is 23.3 Å². The molecule has 0 saturated heterocycles. The largest absolute Gasteiger partial charge is 0.309 e. The summed E-state index contributed by atoms with van der Waals surface area (Å²) in [5, 5.41) is 4.45. The van der Waals surface area contributed by atoms with Gasteiger partial charge in [0.2, 0.25) is 0 Å². The lowest BCUT2D eigenvalue weighted by molar-refractivity contribution is 1.18. The topological polar surface area (TPSA) is 30.7 Å². The number of rotatable bonds is 5. The summed E-state index contributed by atoms with van der Waals surface area (Å²) in [6, 6.07) is 47.3. The molecule has 0 aliphatic rings. The first kappa shape index (κ1) is 22.2. The van der Waals surface area contributed by atoms with Crippen molar-refractivity contribution in [3.05, 3.63) is 176 Å². The minimum absolute atomic E-state index is 0.0381. The van der Waals surface area contributed by atoms with Crippen molar-refractivity contribution in [3.63, 3.8) is 0 Å². The highest BCUT2D eigenvalue weighted by molar-refractivity contribution is 6.09. The van der Waals surface area contributed by atoms with Crippen LogP contribution in [0, 0.1) is 0 Å². The molecular weight excluding hydrogens is 571 g/mol. The Morgan fingerprint density at radius 1 is 0.426 bits per heavy atom. The fourth-order valence-corrected chi connectivity index (χ4v) is 6.57. The Hall–Kier alpha value is -6.32. The van der Waals surface area contributed by atoms with Crippen molar-refractivity contribution >= 4 is 32.6 Å². The van der Waals surface area contributed by atoms with Crippen molar-refractivity contribution in [1.82, 2.24) is 14.5 Å². The predicted octanol–water partition coefficient (Wildman–Crippen LogP) is 11.4. The summed E-state index contributed by atoms with van der Waals surface area (Å²) >= 11 is 0. The molecule has 0 aliphatic heterocycles. The van der Waals surface area contributed by atoms with E-state index >= 15 is 0 Å². The average Bonchev–Trinajstić information content (AvgIpc) is 3.54. The van der Waals surface area contributed by atoms with E-state index in [4.69, 9.17) is 16.8 Å². The second-order valence-corrected chi connectivity index (χ2v) is 11.5. The Morgan fingerprint density at radius 3 is 1.66 bits per heavy atom. The number of nitrogens with zero attached hydrogens (tertiary/aromatic N) is 3. The van der Waals surface area contributed by atoms with Crippen LogP contribution in [0.1, 0.15) is 6.85 Å². The standard InChI is InChI=1S/C44H29N3/c1-3-13-31(14-4-1)40-29-41(46-44(45-40)32-15-5-2-6-16-32)37-28-27-34(35-17-7-8-18-36(35)37)30-23-25-33(26-24-30)47-42-21-11-9-19-38(42)39-20-10-12-22-43(39)47/h1-29H/i1D,3D,4D,13D,14D. The third kappa shape index (κ3) is 4.68. The maximum atomic E-state index is 8.68. The van der Waals surface area contributed by atoms with Gasteiger partial charge in [0.15, 0.2) is 5.82 Å². The van der Waals surface area contributed by atoms with Gasteiger partial charge in [0.25, 0.3) is 0 Å². The highest BCUT2D eigenvalue weighted by Crippen LogP contribution is 2.38. The molecule has 0 saturated carbocycles. The zero-order chi connectivity index (χ0) is 35.5. The Bertz CT molecular complexity index is 2760. The molecule has 3 heteroatoms. The quantitative estimate of drug-likeness (QED) is 0.196. The molecule has 9 aromatic rings. The molecule has 2 aromatic heterocycles. The van der Waals surface area contributed by atoms with Gasteiger partial charge in [0.1, 0.15) is 0 Å². The van der Waals surface area contributed by atoms with E-state index < -0.39 is 18.1 Å². The first-order valence-electron chi connectivity index (χ1n) is 18.0. The molecule has 0 bridgehead atoms. The van der Waals surface area contributed by atoms with E-state index in [0.29, 0.717) is 11.5 Å². The number of fused-ring (bicyclic) bond motifs is 4. The first-order chi connectivity index (χ1) is 25.4. The highest BCUT2D eigenvalue weighted by Gasteiger charge is 2.16. The third-order valence-electron chi connectivity index (χ3n) is 8.73. The van der Waals surface area contributed by atoms with Crippen molar-refractivity contribution in [2.45, 2.75) is 0 Å². The molecule has 0 amide bonds. The zero-order valence-electron chi connectivity index (χ0n) is 30.2. The molecule has 0 atom stereocenters. The Labute approximate surface area is 280 Å². The van der Waals surface area contributed by atoms with Crippen LogP contribution in [0.4, 0.5) is 0 Å². The molecule has 9 rings (SSSR count). The average molecular weight is 605 g/mol. The van der Waals surface area contributed by atoms with E-state index in [1.807, 2.05) is 48.5 Å². The van der Waals surface area contributed by atoms with Crippen molar-refractivity contribution in [2.75, 3.05) is 0 Å². The maximum Gasteiger partial charge on any atom is 0.160 e. The summed E-state index contributed by atoms with van der Waals surface area (Å²) in [7, 11) is 0. The van der Waals surface area contributed by atoms with Crippen LogP contribution in [0.5, 0.6) is 0 Å². The van der Waals surface area contributed by atoms with Gasteiger partial charge in [-0.25, -0.2) is 9.97 Å². The molecule has 220 valence electrons. The lowest BCUT2D eigenvalue weighted by atomic mass is 9.93. The summed E-state index contributed by atoms with van der Waals surface area (Å²) < 4.78 is 44.4. The molecule has 0 spiro atoms. The van der Waals surface area contributed by atoms with Crippen LogP contribution in [0.3, 0.4) is 0 Å². The van der Waals surface area contributed by atoms with E-state index in [1.54, 1.807) is 6.07 Å². The number of para-hydroxylation sites is 2. The second kappa shape index (κ2) is 11.2. The van der Waals surface area contributed by atoms with Crippen molar-refractivity contribution in [3.8, 4) is 50.7 Å². The fraction of sp³-hybridized carbons (Fsp3) is 0. The van der Waals surface area contributed by atoms with E-state index in [9.17, 15) is 0 Å². The Kier molecular flexibility index (Phi) is 5.32. The van der Waals surface area contributed by atoms with Gasteiger partial charge in [0.05, 0.1) is 29.3 Å². The molecule has 7 aromatic carbocycles. The Balaban J connectivity index is 1.20. The minimum atomic E-state index is -0.444. The summed E-state index contributed by atoms with van der Waals surface area (Å²) in [6.45, 7) is 0. The second-order valence-electron chi connectivity index (χ2n) is 11.5. The number of benzene rings is 7. The normalized spacial score (nSPS) is 12.9. The van der Waals surface area contributed by atoms with Crippen molar-refractivity contribution in [1.29, 1.82) is 0 Å². The van der Waals surface area contributed by atoms with E-state index in [0.717, 1.165) is 49.7 Å². The predicted molar refractivity (Wildman–Crippen MR) is 196 cm³/mol. The van der Waals surface area contributed by atoms with Gasteiger partial charge in [-0.2, -0.15) is 0 Å². The van der Waals surface area contributed by atoms with Gasteiger partial charge in [0, 0.05) is 33.2 Å². The van der Waals surface area contributed by atoms with E-state index in [2.05, 4.69) is 95.6 Å². The van der Waals surface area contributed by atoms with Gasteiger partial charge < -0.3 is 4.57 Å². The Morgan fingerprint density at radius 2 is 0.979 bits per heavy atom. The van der Waals surface area contributed by atoms with E-state index in [1.165, 1.54) is 10.8 Å². The third-order valence-corrected chi connectivity index (χ3v) is 8.73. The van der Waals surface area contributed by atoms with Crippen molar-refractivity contribution in [2.24, 2.45) is 0 Å². The van der Waals surface area contributed by atoms with Crippen LogP contribution >= 0.6 is 0 Å². The fourth-order valence-electron chi connectivity index (χ4n) is 6.57. The molecule has 0 unspecified atom stereocenters. The van der Waals surface area contributed by atoms with Crippen LogP contribution in [0.25, 0.3) is 83.3 Å². The molecule has 0 fully saturated rings. The first-order valence-corrected chi connectivity index (χ1v) is 15.5. The number of hydrogen-bond acceptors (Lipinski definition) is 2. The SMILES string of the molecule is [2H]c1c([2H])c([2H])c(-c2cc(-c3ccc(-c4ccc(-n5c6ccccc6c6ccccc65)cc4)c4ccccc34)nc(-c3ccccc3)n2)c([2H])c1[2H]. The van der Waals surface area contributed by atoms with Gasteiger partial charge in [-0.3, -0.25) is 0 Å². The summed E-state index contributed by atoms with van der Waals surface area (Å²) in [5.41, 5.74) is 8.01. The summed E-state index contributed by atoms with van der Waals surface area (Å²) in [4.78, 5) is 9.76. The summed E-state index contributed by atoms with van der Waals surface area (Å²) in [5.74, 6) is 0.397. The molecular formula is C44H29N3. The van der Waals surface area contributed by atoms with Gasteiger partial charge in [-0.05, 0) is 52.2 Å². The maximum absolute atomic E-state index is 8.68. The molecule has 0 radical (unpaired) electrons. The van der Waals surface area contributed by atoms with Crippen LogP contribution in [0.15, 0.2) is 176 Å². The molecule has 0 N–H and O–H groups in total. The summed E-state index contributed by atoms with van der Waals surface area (Å²) in [6.07, 6.45) is 0. The lowest BCUT2D eigenvalue weighted by Gasteiger charge is -2.14. The monoisotopic (exact) mass is 604 g/mol. The lowest BCUT2D eigenvalue weighted by Crippen LogP contribution is -1.97. The van der Waals surface area contributed by atoms with Crippen LogP contribution < -0.4 is 0 Å². The van der Waals surface area contributed by atoms with Crippen LogP contribution in [-0.4, -0.2) is 14.5 Å². The van der Waals surface area contributed by atoms with Gasteiger partial charge in [-0.15, -0.1) is 0 Å².